The molecule has 0 aliphatic carbocycles. The summed E-state index contributed by atoms with van der Waals surface area (Å²) in [5.41, 5.74) is 0.219. The molecule has 1 aromatic rings. The van der Waals surface area contributed by atoms with Crippen LogP contribution >= 0.6 is 0 Å². The second-order valence-corrected chi connectivity index (χ2v) is 7.96. The molecule has 3 rings (SSSR count). The molecule has 2 atom stereocenters. The summed E-state index contributed by atoms with van der Waals surface area (Å²) in [6.45, 7) is 9.48. The van der Waals surface area contributed by atoms with Crippen LogP contribution in [0.1, 0.15) is 44.1 Å². The minimum absolute atomic E-state index is 0.0557. The molecule has 0 radical (unpaired) electrons. The molecule has 3 heterocycles. The topological polar surface area (TPSA) is 54.8 Å². The van der Waals surface area contributed by atoms with Gasteiger partial charge in [0.15, 0.2) is 0 Å². The Labute approximate surface area is 156 Å². The van der Waals surface area contributed by atoms with Crippen molar-refractivity contribution in [2.45, 2.75) is 39.7 Å². The first-order valence-electron chi connectivity index (χ1n) is 9.71. The highest BCUT2D eigenvalue weighted by molar-refractivity contribution is 5.93. The number of ether oxygens (including phenoxy) is 1. The molecular weight excluding hydrogens is 330 g/mol. The van der Waals surface area contributed by atoms with Gasteiger partial charge < -0.3 is 14.2 Å². The lowest BCUT2D eigenvalue weighted by Gasteiger charge is -2.31. The summed E-state index contributed by atoms with van der Waals surface area (Å²) in [4.78, 5) is 30.2. The number of nitrogens with zero attached hydrogens (tertiary/aromatic N) is 3. The van der Waals surface area contributed by atoms with Gasteiger partial charge in [-0.1, -0.05) is 0 Å². The summed E-state index contributed by atoms with van der Waals surface area (Å²) in [5, 5.41) is 0. The van der Waals surface area contributed by atoms with Crippen molar-refractivity contribution in [1.29, 1.82) is 0 Å². The SMILES string of the molecule is CCOC(=O)[C@@]12CCCN(C(=O)c3cccn3C)C[C@@H]1CN(C(C)C)C2. The fourth-order valence-corrected chi connectivity index (χ4v) is 4.50. The van der Waals surface area contributed by atoms with E-state index in [0.29, 0.717) is 31.4 Å². The Morgan fingerprint density at radius 1 is 1.35 bits per heavy atom. The maximum absolute atomic E-state index is 13.0. The van der Waals surface area contributed by atoms with Gasteiger partial charge in [-0.05, 0) is 45.7 Å². The molecule has 0 spiro atoms. The molecule has 6 heteroatoms. The molecule has 6 nitrogen and oxygen atoms in total. The maximum atomic E-state index is 13.0. The zero-order valence-corrected chi connectivity index (χ0v) is 16.4. The summed E-state index contributed by atoms with van der Waals surface area (Å²) in [7, 11) is 1.89. The van der Waals surface area contributed by atoms with Crippen LogP contribution in [-0.4, -0.2) is 65.1 Å². The third-order valence-electron chi connectivity index (χ3n) is 6.08. The molecular formula is C20H31N3O3. The molecule has 0 aromatic carbocycles. The van der Waals surface area contributed by atoms with E-state index in [2.05, 4.69) is 18.7 Å². The number of fused-ring (bicyclic) bond motifs is 1. The first-order chi connectivity index (χ1) is 12.4. The number of aromatic nitrogens is 1. The normalized spacial score (nSPS) is 26.7. The Morgan fingerprint density at radius 3 is 2.73 bits per heavy atom. The van der Waals surface area contributed by atoms with Crippen LogP contribution in [0.15, 0.2) is 18.3 Å². The van der Waals surface area contributed by atoms with Gasteiger partial charge in [-0.15, -0.1) is 0 Å². The van der Waals surface area contributed by atoms with Gasteiger partial charge in [0.25, 0.3) is 5.91 Å². The highest BCUT2D eigenvalue weighted by Gasteiger charge is 2.54. The van der Waals surface area contributed by atoms with E-state index >= 15 is 0 Å². The number of amides is 1. The van der Waals surface area contributed by atoms with Crippen LogP contribution in [0.3, 0.4) is 0 Å². The fourth-order valence-electron chi connectivity index (χ4n) is 4.50. The van der Waals surface area contributed by atoms with E-state index in [0.717, 1.165) is 25.9 Å². The van der Waals surface area contributed by atoms with Crippen molar-refractivity contribution >= 4 is 11.9 Å². The van der Waals surface area contributed by atoms with Crippen molar-refractivity contribution in [2.75, 3.05) is 32.8 Å². The van der Waals surface area contributed by atoms with Crippen LogP contribution in [0, 0.1) is 11.3 Å². The van der Waals surface area contributed by atoms with Crippen molar-refractivity contribution in [3.05, 3.63) is 24.0 Å². The minimum Gasteiger partial charge on any atom is -0.466 e. The Kier molecular flexibility index (Phi) is 5.42. The molecule has 1 aromatic heterocycles. The van der Waals surface area contributed by atoms with Crippen molar-refractivity contribution in [3.8, 4) is 0 Å². The van der Waals surface area contributed by atoms with E-state index in [1.807, 2.05) is 41.8 Å². The Bertz CT molecular complexity index is 669. The number of hydrogen-bond donors (Lipinski definition) is 0. The standard InChI is InChI=1S/C20H31N3O3/c1-5-26-19(25)20-9-7-11-22(18(24)17-8-6-10-21(17)4)12-16(20)13-23(14-20)15(2)3/h6,8,10,15-16H,5,7,9,11-14H2,1-4H3/t16-,20-/m1/s1. The fraction of sp³-hybridized carbons (Fsp3) is 0.700. The van der Waals surface area contributed by atoms with E-state index in [1.165, 1.54) is 0 Å². The van der Waals surface area contributed by atoms with Gasteiger partial charge in [-0.25, -0.2) is 0 Å². The first kappa shape index (κ1) is 19.0. The molecule has 2 fully saturated rings. The van der Waals surface area contributed by atoms with Crippen LogP contribution in [0.25, 0.3) is 0 Å². The highest BCUT2D eigenvalue weighted by Crippen LogP contribution is 2.44. The number of aryl methyl sites for hydroxylation is 1. The zero-order chi connectivity index (χ0) is 18.9. The summed E-state index contributed by atoms with van der Waals surface area (Å²) >= 11 is 0. The van der Waals surface area contributed by atoms with Crippen molar-refractivity contribution in [2.24, 2.45) is 18.4 Å². The van der Waals surface area contributed by atoms with E-state index in [-0.39, 0.29) is 17.8 Å². The van der Waals surface area contributed by atoms with Gasteiger partial charge in [0.1, 0.15) is 5.69 Å². The molecule has 0 N–H and O–H groups in total. The summed E-state index contributed by atoms with van der Waals surface area (Å²) in [6, 6.07) is 4.13. The third kappa shape index (κ3) is 3.27. The number of carbonyl (C=O) groups is 2. The molecule has 1 amide bonds. The van der Waals surface area contributed by atoms with Gasteiger partial charge in [0.05, 0.1) is 12.0 Å². The quantitative estimate of drug-likeness (QED) is 0.771. The van der Waals surface area contributed by atoms with Crippen LogP contribution in [0.4, 0.5) is 0 Å². The Morgan fingerprint density at radius 2 is 2.12 bits per heavy atom. The van der Waals surface area contributed by atoms with E-state index in [9.17, 15) is 9.59 Å². The zero-order valence-electron chi connectivity index (χ0n) is 16.4. The summed E-state index contributed by atoms with van der Waals surface area (Å²) < 4.78 is 7.35. The lowest BCUT2D eigenvalue weighted by molar-refractivity contribution is -0.157. The number of carbonyl (C=O) groups excluding carboxylic acids is 2. The van der Waals surface area contributed by atoms with Crippen LogP contribution in [-0.2, 0) is 16.6 Å². The van der Waals surface area contributed by atoms with Crippen molar-refractivity contribution in [1.82, 2.24) is 14.4 Å². The molecule has 2 saturated heterocycles. The first-order valence-corrected chi connectivity index (χ1v) is 9.71. The third-order valence-corrected chi connectivity index (χ3v) is 6.08. The number of rotatable bonds is 4. The number of esters is 1. The maximum Gasteiger partial charge on any atom is 0.313 e. The molecule has 0 bridgehead atoms. The van der Waals surface area contributed by atoms with E-state index < -0.39 is 5.41 Å². The molecule has 0 unspecified atom stereocenters. The summed E-state index contributed by atoms with van der Waals surface area (Å²) in [6.07, 6.45) is 3.51. The lowest BCUT2D eigenvalue weighted by atomic mass is 9.75. The molecule has 0 saturated carbocycles. The lowest BCUT2D eigenvalue weighted by Crippen LogP contribution is -2.43. The molecule has 144 valence electrons. The summed E-state index contributed by atoms with van der Waals surface area (Å²) in [5.74, 6) is 0.0946. The molecule has 2 aliphatic heterocycles. The number of hydrogen-bond acceptors (Lipinski definition) is 4. The van der Waals surface area contributed by atoms with Crippen LogP contribution < -0.4 is 0 Å². The minimum atomic E-state index is -0.483. The molecule has 2 aliphatic rings. The number of likely N-dealkylation sites (tertiary alicyclic amines) is 2. The van der Waals surface area contributed by atoms with Gasteiger partial charge in [0.2, 0.25) is 0 Å². The second-order valence-electron chi connectivity index (χ2n) is 7.96. The predicted molar refractivity (Wildman–Crippen MR) is 99.8 cm³/mol. The van der Waals surface area contributed by atoms with Crippen molar-refractivity contribution < 1.29 is 14.3 Å². The van der Waals surface area contributed by atoms with Crippen LogP contribution in [0.2, 0.25) is 0 Å². The van der Waals surface area contributed by atoms with Gasteiger partial charge in [-0.3, -0.25) is 14.5 Å². The average Bonchev–Trinajstić information content (AvgIpc) is 3.14. The predicted octanol–water partition coefficient (Wildman–Crippen LogP) is 2.15. The smallest absolute Gasteiger partial charge is 0.313 e. The van der Waals surface area contributed by atoms with Gasteiger partial charge in [-0.2, -0.15) is 0 Å². The highest BCUT2D eigenvalue weighted by atomic mass is 16.5. The van der Waals surface area contributed by atoms with Crippen molar-refractivity contribution in [3.63, 3.8) is 0 Å². The van der Waals surface area contributed by atoms with Gasteiger partial charge >= 0.3 is 5.97 Å². The average molecular weight is 361 g/mol. The van der Waals surface area contributed by atoms with Gasteiger partial charge in [0, 0.05) is 51.4 Å². The molecule has 26 heavy (non-hydrogen) atoms. The largest absolute Gasteiger partial charge is 0.466 e. The Balaban J connectivity index is 1.86. The van der Waals surface area contributed by atoms with E-state index in [1.54, 1.807) is 0 Å². The monoisotopic (exact) mass is 361 g/mol. The van der Waals surface area contributed by atoms with Crippen LogP contribution in [0.5, 0.6) is 0 Å². The van der Waals surface area contributed by atoms with E-state index in [4.69, 9.17) is 4.74 Å². The second kappa shape index (κ2) is 7.43. The Hall–Kier alpha value is -1.82.